The summed E-state index contributed by atoms with van der Waals surface area (Å²) in [6.45, 7) is 8.18. The molecular weight excluding hydrogens is 462 g/mol. The van der Waals surface area contributed by atoms with Gasteiger partial charge in [-0.3, -0.25) is 9.88 Å². The van der Waals surface area contributed by atoms with Crippen LogP contribution in [0.4, 0.5) is 5.69 Å². The molecule has 1 saturated heterocycles. The normalized spacial score (nSPS) is 15.2. The number of anilines is 1. The molecule has 2 aliphatic heterocycles. The number of piperazine rings is 1. The van der Waals surface area contributed by atoms with E-state index in [1.54, 1.807) is 38.2 Å². The van der Waals surface area contributed by atoms with E-state index in [2.05, 4.69) is 20.9 Å². The Hall–Kier alpha value is -3.85. The van der Waals surface area contributed by atoms with Gasteiger partial charge in [-0.1, -0.05) is 6.07 Å². The van der Waals surface area contributed by atoms with Crippen LogP contribution in [0.1, 0.15) is 40.1 Å². The fraction of sp³-hybridized carbons (Fsp3) is 0.370. The molecule has 0 saturated carbocycles. The van der Waals surface area contributed by atoms with Crippen molar-refractivity contribution in [1.29, 1.82) is 0 Å². The molecule has 9 nitrogen and oxygen atoms in total. The summed E-state index contributed by atoms with van der Waals surface area (Å²) in [7, 11) is 0. The van der Waals surface area contributed by atoms with Gasteiger partial charge in [0, 0.05) is 44.3 Å². The molecule has 0 unspecified atom stereocenters. The molecule has 1 fully saturated rings. The number of nitrogens with zero attached hydrogens (tertiary/aromatic N) is 3. The molecule has 0 amide bonds. The summed E-state index contributed by atoms with van der Waals surface area (Å²) in [5, 5.41) is 0.732. The Balaban J connectivity index is 1.41. The Morgan fingerprint density at radius 1 is 0.917 bits per heavy atom. The number of carbonyl (C=O) groups is 2. The van der Waals surface area contributed by atoms with Crippen LogP contribution >= 0.6 is 0 Å². The smallest absolute Gasteiger partial charge is 0.341 e. The topological polar surface area (TPSA) is 90.4 Å². The summed E-state index contributed by atoms with van der Waals surface area (Å²) >= 11 is 0. The number of rotatable bonds is 7. The van der Waals surface area contributed by atoms with Crippen molar-refractivity contribution in [2.24, 2.45) is 0 Å². The highest BCUT2D eigenvalue weighted by atomic mass is 16.7. The fourth-order valence-electron chi connectivity index (χ4n) is 4.65. The number of hydrogen-bond acceptors (Lipinski definition) is 9. The largest absolute Gasteiger partial charge is 0.462 e. The van der Waals surface area contributed by atoms with Gasteiger partial charge in [0.25, 0.3) is 0 Å². The molecule has 36 heavy (non-hydrogen) atoms. The number of fused-ring (bicyclic) bond motifs is 2. The van der Waals surface area contributed by atoms with Gasteiger partial charge in [-0.15, -0.1) is 0 Å². The first-order valence-electron chi connectivity index (χ1n) is 12.2. The minimum atomic E-state index is -0.425. The van der Waals surface area contributed by atoms with Gasteiger partial charge in [0.2, 0.25) is 6.79 Å². The number of benzene rings is 2. The van der Waals surface area contributed by atoms with Crippen LogP contribution < -0.4 is 14.4 Å². The zero-order valence-corrected chi connectivity index (χ0v) is 20.5. The maximum atomic E-state index is 12.9. The first-order chi connectivity index (χ1) is 17.6. The number of esters is 2. The molecule has 2 aliphatic rings. The van der Waals surface area contributed by atoms with E-state index < -0.39 is 11.9 Å². The highest BCUT2D eigenvalue weighted by Crippen LogP contribution is 2.34. The summed E-state index contributed by atoms with van der Waals surface area (Å²) in [4.78, 5) is 34.3. The lowest BCUT2D eigenvalue weighted by atomic mass is 10.0. The van der Waals surface area contributed by atoms with E-state index >= 15 is 0 Å². The van der Waals surface area contributed by atoms with Crippen LogP contribution in [-0.2, 0) is 16.0 Å². The molecule has 0 bridgehead atoms. The lowest BCUT2D eigenvalue weighted by Gasteiger charge is -2.37. The minimum absolute atomic E-state index is 0.262. The Morgan fingerprint density at radius 3 is 2.44 bits per heavy atom. The Morgan fingerprint density at radius 2 is 1.67 bits per heavy atom. The Kier molecular flexibility index (Phi) is 6.90. The van der Waals surface area contributed by atoms with E-state index in [0.717, 1.165) is 47.8 Å². The number of pyridine rings is 1. The van der Waals surface area contributed by atoms with Crippen LogP contribution in [-0.4, -0.2) is 68.0 Å². The van der Waals surface area contributed by atoms with E-state index in [1.165, 1.54) is 0 Å². The van der Waals surface area contributed by atoms with Gasteiger partial charge < -0.3 is 23.8 Å². The van der Waals surface area contributed by atoms with Gasteiger partial charge in [0.15, 0.2) is 11.5 Å². The zero-order valence-electron chi connectivity index (χ0n) is 20.5. The number of carbonyl (C=O) groups excluding carboxylic acids is 2. The van der Waals surface area contributed by atoms with Crippen molar-refractivity contribution in [2.75, 3.05) is 51.1 Å². The van der Waals surface area contributed by atoms with E-state index in [0.29, 0.717) is 29.7 Å². The zero-order chi connectivity index (χ0) is 25.1. The predicted molar refractivity (Wildman–Crippen MR) is 134 cm³/mol. The van der Waals surface area contributed by atoms with Crippen molar-refractivity contribution in [1.82, 2.24) is 9.88 Å². The fourth-order valence-corrected chi connectivity index (χ4v) is 4.65. The molecule has 0 spiro atoms. The van der Waals surface area contributed by atoms with Crippen molar-refractivity contribution in [3.05, 3.63) is 59.3 Å². The van der Waals surface area contributed by atoms with Gasteiger partial charge in [0.1, 0.15) is 5.56 Å². The Bertz CT molecular complexity index is 1280. The molecule has 0 N–H and O–H groups in total. The van der Waals surface area contributed by atoms with Crippen LogP contribution in [0, 0.1) is 0 Å². The molecular formula is C27H29N3O6. The molecule has 188 valence electrons. The minimum Gasteiger partial charge on any atom is -0.462 e. The summed E-state index contributed by atoms with van der Waals surface area (Å²) in [6.07, 6.45) is 1.57. The van der Waals surface area contributed by atoms with Crippen molar-refractivity contribution in [3.8, 4) is 11.5 Å². The van der Waals surface area contributed by atoms with E-state index in [9.17, 15) is 9.59 Å². The van der Waals surface area contributed by atoms with E-state index in [1.807, 2.05) is 12.1 Å². The number of aromatic nitrogens is 1. The molecule has 3 aromatic rings. The van der Waals surface area contributed by atoms with Crippen molar-refractivity contribution < 1.29 is 28.5 Å². The average molecular weight is 492 g/mol. The van der Waals surface area contributed by atoms with Crippen molar-refractivity contribution in [2.45, 2.75) is 20.4 Å². The van der Waals surface area contributed by atoms with Crippen molar-refractivity contribution >= 4 is 28.5 Å². The molecule has 0 atom stereocenters. The number of ether oxygens (including phenoxy) is 4. The molecule has 0 radical (unpaired) electrons. The summed E-state index contributed by atoms with van der Waals surface area (Å²) < 4.78 is 21.4. The van der Waals surface area contributed by atoms with Gasteiger partial charge in [-0.05, 0) is 49.7 Å². The quantitative estimate of drug-likeness (QED) is 0.460. The third-order valence-electron chi connectivity index (χ3n) is 6.38. The van der Waals surface area contributed by atoms with Crippen LogP contribution in [0.5, 0.6) is 11.5 Å². The summed E-state index contributed by atoms with van der Waals surface area (Å²) in [5.41, 5.74) is 3.43. The molecule has 1 aromatic heterocycles. The standard InChI is InChI=1S/C27H29N3O6/c1-3-33-26(31)19-6-7-22-20(14-19)25(21(15-28-22)27(32)34-4-2)30-11-9-29(10-12-30)16-18-5-8-23-24(13-18)36-17-35-23/h5-8,13-15H,3-4,9-12,16-17H2,1-2H3. The second-order valence-electron chi connectivity index (χ2n) is 8.64. The molecule has 3 heterocycles. The van der Waals surface area contributed by atoms with Gasteiger partial charge in [0.05, 0.1) is 30.0 Å². The van der Waals surface area contributed by atoms with Crippen LogP contribution in [0.15, 0.2) is 42.6 Å². The van der Waals surface area contributed by atoms with Crippen LogP contribution in [0.25, 0.3) is 10.9 Å². The lowest BCUT2D eigenvalue weighted by molar-refractivity contribution is 0.0517. The molecule has 0 aliphatic carbocycles. The van der Waals surface area contributed by atoms with E-state index in [-0.39, 0.29) is 20.0 Å². The highest BCUT2D eigenvalue weighted by Gasteiger charge is 2.26. The third-order valence-corrected chi connectivity index (χ3v) is 6.38. The lowest BCUT2D eigenvalue weighted by Crippen LogP contribution is -2.46. The van der Waals surface area contributed by atoms with Gasteiger partial charge in [-0.2, -0.15) is 0 Å². The average Bonchev–Trinajstić information content (AvgIpc) is 3.36. The van der Waals surface area contributed by atoms with Crippen molar-refractivity contribution in [3.63, 3.8) is 0 Å². The van der Waals surface area contributed by atoms with Gasteiger partial charge in [-0.25, -0.2) is 9.59 Å². The van der Waals surface area contributed by atoms with Crippen LogP contribution in [0.3, 0.4) is 0 Å². The maximum Gasteiger partial charge on any atom is 0.341 e. The summed E-state index contributed by atoms with van der Waals surface area (Å²) in [6, 6.07) is 11.3. The first kappa shape index (κ1) is 23.9. The number of hydrogen-bond donors (Lipinski definition) is 0. The molecule has 9 heteroatoms. The van der Waals surface area contributed by atoms with Gasteiger partial charge >= 0.3 is 11.9 Å². The second-order valence-corrected chi connectivity index (χ2v) is 8.64. The SMILES string of the molecule is CCOC(=O)c1ccc2ncc(C(=O)OCC)c(N3CCN(Cc4ccc5c(c4)OCO5)CC3)c2c1. The van der Waals surface area contributed by atoms with Crippen LogP contribution in [0.2, 0.25) is 0 Å². The Labute approximate surface area is 209 Å². The molecule has 5 rings (SSSR count). The summed E-state index contributed by atoms with van der Waals surface area (Å²) in [5.74, 6) is 0.736. The maximum absolute atomic E-state index is 12.9. The highest BCUT2D eigenvalue weighted by molar-refractivity contribution is 6.07. The first-order valence-corrected chi connectivity index (χ1v) is 12.2. The molecule has 2 aromatic carbocycles. The monoisotopic (exact) mass is 491 g/mol. The second kappa shape index (κ2) is 10.4. The predicted octanol–water partition coefficient (Wildman–Crippen LogP) is 3.64. The third kappa shape index (κ3) is 4.79. The van der Waals surface area contributed by atoms with E-state index in [4.69, 9.17) is 18.9 Å².